The fraction of sp³-hybridized carbons (Fsp3) is 0.632. The number of unbranched alkanes of at least 4 members (excludes halogenated alkanes) is 6. The Bertz CT molecular complexity index is 417. The van der Waals surface area contributed by atoms with Gasteiger partial charge in [-0.3, -0.25) is 0 Å². The van der Waals surface area contributed by atoms with Crippen molar-refractivity contribution in [1.29, 1.82) is 0 Å². The molecule has 0 atom stereocenters. The van der Waals surface area contributed by atoms with Gasteiger partial charge >= 0.3 is 5.97 Å². The Morgan fingerprint density at radius 3 is 2.22 bits per heavy atom. The van der Waals surface area contributed by atoms with Crippen molar-refractivity contribution in [3.63, 3.8) is 0 Å². The van der Waals surface area contributed by atoms with Crippen molar-refractivity contribution in [3.05, 3.63) is 29.8 Å². The van der Waals surface area contributed by atoms with Gasteiger partial charge in [0.05, 0.1) is 18.8 Å². The molecule has 0 saturated carbocycles. The highest BCUT2D eigenvalue weighted by Gasteiger charge is 2.06. The second-order valence-corrected chi connectivity index (χ2v) is 6.47. The van der Waals surface area contributed by atoms with Crippen LogP contribution >= 0.6 is 15.9 Å². The predicted molar refractivity (Wildman–Crippen MR) is 98.6 cm³/mol. The van der Waals surface area contributed by atoms with Crippen LogP contribution in [-0.2, 0) is 4.74 Å². The van der Waals surface area contributed by atoms with Crippen LogP contribution in [0.4, 0.5) is 0 Å². The molecular formula is C19H29BrO3. The third kappa shape index (κ3) is 9.65. The van der Waals surface area contributed by atoms with Crippen molar-refractivity contribution in [1.82, 2.24) is 0 Å². The van der Waals surface area contributed by atoms with E-state index in [0.717, 1.165) is 30.5 Å². The Kier molecular flexibility index (Phi) is 11.7. The first kappa shape index (κ1) is 20.0. The van der Waals surface area contributed by atoms with Gasteiger partial charge < -0.3 is 9.47 Å². The molecule has 0 fully saturated rings. The number of carbonyl (C=O) groups excluding carboxylic acids is 1. The van der Waals surface area contributed by atoms with Gasteiger partial charge in [0.25, 0.3) is 0 Å². The molecule has 3 nitrogen and oxygen atoms in total. The molecule has 23 heavy (non-hydrogen) atoms. The summed E-state index contributed by atoms with van der Waals surface area (Å²) in [6.45, 7) is 3.42. The normalized spacial score (nSPS) is 10.5. The van der Waals surface area contributed by atoms with Crippen LogP contribution in [0.5, 0.6) is 5.75 Å². The molecule has 0 heterocycles. The second kappa shape index (κ2) is 13.4. The van der Waals surface area contributed by atoms with E-state index >= 15 is 0 Å². The van der Waals surface area contributed by atoms with Crippen LogP contribution in [0, 0.1) is 0 Å². The molecule has 1 aromatic carbocycles. The topological polar surface area (TPSA) is 35.5 Å². The molecule has 0 spiro atoms. The van der Waals surface area contributed by atoms with E-state index in [4.69, 9.17) is 9.47 Å². The standard InChI is InChI=1S/C19H29BrO3/c1-2-3-4-5-6-7-8-15-22-18-12-10-17(11-13-18)19(21)23-16-9-14-20/h10-13H,2-9,14-16H2,1H3. The minimum atomic E-state index is -0.274. The lowest BCUT2D eigenvalue weighted by molar-refractivity contribution is 0.0506. The SMILES string of the molecule is CCCCCCCCCOc1ccc(C(=O)OCCCBr)cc1. The number of rotatable bonds is 13. The predicted octanol–water partition coefficient (Wildman–Crippen LogP) is 5.76. The van der Waals surface area contributed by atoms with Crippen LogP contribution in [0.3, 0.4) is 0 Å². The highest BCUT2D eigenvalue weighted by molar-refractivity contribution is 9.09. The molecule has 0 aromatic heterocycles. The van der Waals surface area contributed by atoms with E-state index in [-0.39, 0.29) is 5.97 Å². The van der Waals surface area contributed by atoms with E-state index in [2.05, 4.69) is 22.9 Å². The molecule has 130 valence electrons. The molecule has 0 unspecified atom stereocenters. The molecule has 0 aliphatic rings. The van der Waals surface area contributed by atoms with E-state index in [9.17, 15) is 4.79 Å². The molecule has 0 saturated heterocycles. The molecule has 1 aromatic rings. The van der Waals surface area contributed by atoms with Crippen LogP contribution in [-0.4, -0.2) is 24.5 Å². The fourth-order valence-corrected chi connectivity index (χ4v) is 2.47. The van der Waals surface area contributed by atoms with Gasteiger partial charge in [0, 0.05) is 5.33 Å². The van der Waals surface area contributed by atoms with Gasteiger partial charge in [-0.2, -0.15) is 0 Å². The fourth-order valence-electron chi connectivity index (χ4n) is 2.24. The van der Waals surface area contributed by atoms with E-state index in [0.29, 0.717) is 12.2 Å². The van der Waals surface area contributed by atoms with Gasteiger partial charge in [-0.05, 0) is 37.1 Å². The summed E-state index contributed by atoms with van der Waals surface area (Å²) >= 11 is 3.31. The van der Waals surface area contributed by atoms with E-state index in [1.54, 1.807) is 12.1 Å². The first-order chi connectivity index (χ1) is 11.3. The molecule has 0 bridgehead atoms. The summed E-state index contributed by atoms with van der Waals surface area (Å²) in [5, 5.41) is 0.839. The van der Waals surface area contributed by atoms with Crippen LogP contribution in [0.15, 0.2) is 24.3 Å². The minimum absolute atomic E-state index is 0.274. The maximum absolute atomic E-state index is 11.8. The minimum Gasteiger partial charge on any atom is -0.494 e. The zero-order valence-electron chi connectivity index (χ0n) is 14.2. The van der Waals surface area contributed by atoms with Crippen molar-refractivity contribution < 1.29 is 14.3 Å². The maximum Gasteiger partial charge on any atom is 0.338 e. The van der Waals surface area contributed by atoms with Crippen molar-refractivity contribution >= 4 is 21.9 Å². The monoisotopic (exact) mass is 384 g/mol. The summed E-state index contributed by atoms with van der Waals surface area (Å²) in [7, 11) is 0. The van der Waals surface area contributed by atoms with Crippen LogP contribution in [0.1, 0.15) is 68.6 Å². The third-order valence-corrected chi connectivity index (χ3v) is 4.18. The van der Waals surface area contributed by atoms with E-state index in [1.807, 2.05) is 12.1 Å². The Labute approximate surface area is 148 Å². The van der Waals surface area contributed by atoms with Crippen molar-refractivity contribution in [3.8, 4) is 5.75 Å². The lowest BCUT2D eigenvalue weighted by Crippen LogP contribution is -2.06. The average molecular weight is 385 g/mol. The first-order valence-electron chi connectivity index (χ1n) is 8.74. The van der Waals surface area contributed by atoms with Gasteiger partial charge in [0.2, 0.25) is 0 Å². The molecule has 0 aliphatic carbocycles. The number of alkyl halides is 1. The van der Waals surface area contributed by atoms with Gasteiger partial charge in [0.15, 0.2) is 0 Å². The largest absolute Gasteiger partial charge is 0.494 e. The zero-order valence-corrected chi connectivity index (χ0v) is 15.8. The maximum atomic E-state index is 11.8. The number of hydrogen-bond donors (Lipinski definition) is 0. The quantitative estimate of drug-likeness (QED) is 0.246. The van der Waals surface area contributed by atoms with Gasteiger partial charge in [-0.25, -0.2) is 4.79 Å². The Balaban J connectivity index is 2.15. The number of halogens is 1. The molecule has 0 N–H and O–H groups in total. The lowest BCUT2D eigenvalue weighted by Gasteiger charge is -2.07. The molecule has 0 aliphatic heterocycles. The van der Waals surface area contributed by atoms with Gasteiger partial charge in [-0.15, -0.1) is 0 Å². The third-order valence-electron chi connectivity index (χ3n) is 3.62. The summed E-state index contributed by atoms with van der Waals surface area (Å²) < 4.78 is 10.9. The van der Waals surface area contributed by atoms with Gasteiger partial charge in [0.1, 0.15) is 5.75 Å². The van der Waals surface area contributed by atoms with Gasteiger partial charge in [-0.1, -0.05) is 61.4 Å². The van der Waals surface area contributed by atoms with Crippen molar-refractivity contribution in [2.45, 2.75) is 58.3 Å². The van der Waals surface area contributed by atoms with Crippen LogP contribution in [0.25, 0.3) is 0 Å². The Hall–Kier alpha value is -1.03. The number of ether oxygens (including phenoxy) is 2. The molecule has 1 rings (SSSR count). The average Bonchev–Trinajstić information content (AvgIpc) is 2.58. The van der Waals surface area contributed by atoms with Crippen molar-refractivity contribution in [2.75, 3.05) is 18.5 Å². The van der Waals surface area contributed by atoms with Crippen LogP contribution < -0.4 is 4.74 Å². The number of benzene rings is 1. The lowest BCUT2D eigenvalue weighted by atomic mass is 10.1. The number of hydrogen-bond acceptors (Lipinski definition) is 3. The smallest absolute Gasteiger partial charge is 0.338 e. The number of esters is 1. The first-order valence-corrected chi connectivity index (χ1v) is 9.86. The second-order valence-electron chi connectivity index (χ2n) is 5.67. The number of carbonyl (C=O) groups is 1. The van der Waals surface area contributed by atoms with Crippen LogP contribution in [0.2, 0.25) is 0 Å². The Morgan fingerprint density at radius 1 is 0.913 bits per heavy atom. The summed E-state index contributed by atoms with van der Waals surface area (Å²) in [6, 6.07) is 7.19. The summed E-state index contributed by atoms with van der Waals surface area (Å²) in [4.78, 5) is 11.8. The highest BCUT2D eigenvalue weighted by atomic mass is 79.9. The summed E-state index contributed by atoms with van der Waals surface area (Å²) in [5.74, 6) is 0.539. The van der Waals surface area contributed by atoms with E-state index in [1.165, 1.54) is 38.5 Å². The summed E-state index contributed by atoms with van der Waals surface area (Å²) in [6.07, 6.45) is 9.76. The zero-order chi connectivity index (χ0) is 16.8. The molecular weight excluding hydrogens is 356 g/mol. The molecule has 4 heteroatoms. The molecule has 0 amide bonds. The van der Waals surface area contributed by atoms with E-state index < -0.39 is 0 Å². The Morgan fingerprint density at radius 2 is 1.57 bits per heavy atom. The van der Waals surface area contributed by atoms with Crippen molar-refractivity contribution in [2.24, 2.45) is 0 Å². The molecule has 0 radical (unpaired) electrons. The highest BCUT2D eigenvalue weighted by Crippen LogP contribution is 2.14. The summed E-state index contributed by atoms with van der Waals surface area (Å²) in [5.41, 5.74) is 0.572.